The number of nitrogens with one attached hydrogen (secondary N) is 1. The number of hydrogen-bond acceptors (Lipinski definition) is 4. The molecule has 5 heteroatoms. The lowest BCUT2D eigenvalue weighted by atomic mass is 9.82. The van der Waals surface area contributed by atoms with Gasteiger partial charge in [0.05, 0.1) is 0 Å². The summed E-state index contributed by atoms with van der Waals surface area (Å²) < 4.78 is 0. The third-order valence-corrected chi connectivity index (χ3v) is 6.08. The summed E-state index contributed by atoms with van der Waals surface area (Å²) >= 11 is 1.32. The van der Waals surface area contributed by atoms with Gasteiger partial charge in [0, 0.05) is 11.8 Å². The number of carbonyl (C=O) groups excluding carboxylic acids is 1. The molecule has 1 fully saturated rings. The van der Waals surface area contributed by atoms with Gasteiger partial charge in [-0.25, -0.2) is 0 Å². The normalized spacial score (nSPS) is 32.0. The minimum absolute atomic E-state index is 0.00718. The molecule has 0 aromatic heterocycles. The molecule has 0 aromatic carbocycles. The van der Waals surface area contributed by atoms with Crippen molar-refractivity contribution in [3.8, 4) is 0 Å². The Morgan fingerprint density at radius 3 is 2.73 bits per heavy atom. The second-order valence-electron chi connectivity index (χ2n) is 6.17. The van der Waals surface area contributed by atoms with Gasteiger partial charge in [-0.2, -0.15) is 0 Å². The highest BCUT2D eigenvalue weighted by atomic mass is 32.2. The molecule has 4 nitrogen and oxygen atoms in total. The zero-order valence-corrected chi connectivity index (χ0v) is 13.4. The highest BCUT2D eigenvalue weighted by molar-refractivity contribution is 8.00. The summed E-state index contributed by atoms with van der Waals surface area (Å²) in [4.78, 5) is 10.5. The highest BCUT2D eigenvalue weighted by Gasteiger charge is 2.36. The first kappa shape index (κ1) is 15.8. The molecule has 2 aliphatic carbocycles. The van der Waals surface area contributed by atoms with Crippen LogP contribution in [0.15, 0.2) is 34.4 Å². The SMILES string of the molecule is O=CNCC1SC(O)C(O)C2=C1C=CC(=C1CCCCC1)C2. The zero-order valence-electron chi connectivity index (χ0n) is 12.6. The Morgan fingerprint density at radius 1 is 1.23 bits per heavy atom. The molecule has 1 heterocycles. The average Bonchev–Trinajstić information content (AvgIpc) is 2.57. The van der Waals surface area contributed by atoms with E-state index in [-0.39, 0.29) is 5.25 Å². The van der Waals surface area contributed by atoms with Crippen LogP contribution in [0.5, 0.6) is 0 Å². The summed E-state index contributed by atoms with van der Waals surface area (Å²) in [6, 6.07) is 0. The molecule has 0 bridgehead atoms. The fraction of sp³-hybridized carbons (Fsp3) is 0.588. The largest absolute Gasteiger partial charge is 0.385 e. The van der Waals surface area contributed by atoms with Crippen LogP contribution in [0.1, 0.15) is 38.5 Å². The van der Waals surface area contributed by atoms with Crippen LogP contribution in [-0.2, 0) is 4.79 Å². The van der Waals surface area contributed by atoms with Crippen molar-refractivity contribution in [1.29, 1.82) is 0 Å². The van der Waals surface area contributed by atoms with Gasteiger partial charge in [-0.3, -0.25) is 4.79 Å². The van der Waals surface area contributed by atoms with Gasteiger partial charge >= 0.3 is 0 Å². The first-order valence-corrected chi connectivity index (χ1v) is 8.95. The summed E-state index contributed by atoms with van der Waals surface area (Å²) in [6.45, 7) is 0.479. The minimum atomic E-state index is -0.818. The molecule has 120 valence electrons. The Bertz CT molecular complexity index is 530. The number of aliphatic hydroxyl groups excluding tert-OH is 2. The second-order valence-corrected chi connectivity index (χ2v) is 7.49. The number of rotatable bonds is 3. The van der Waals surface area contributed by atoms with Gasteiger partial charge in [0.2, 0.25) is 6.41 Å². The van der Waals surface area contributed by atoms with Crippen LogP contribution >= 0.6 is 11.8 Å². The lowest BCUT2D eigenvalue weighted by Gasteiger charge is -2.36. The minimum Gasteiger partial charge on any atom is -0.385 e. The van der Waals surface area contributed by atoms with Crippen LogP contribution in [0.3, 0.4) is 0 Å². The van der Waals surface area contributed by atoms with Crippen molar-refractivity contribution in [3.05, 3.63) is 34.4 Å². The van der Waals surface area contributed by atoms with Crippen molar-refractivity contribution >= 4 is 18.2 Å². The molecule has 1 aliphatic heterocycles. The molecule has 22 heavy (non-hydrogen) atoms. The molecule has 3 aliphatic rings. The molecule has 0 aromatic rings. The standard InChI is InChI=1S/C17H23NO3S/c19-10-18-9-15-13-7-6-12(11-4-2-1-3-5-11)8-14(13)16(20)17(21)22-15/h6-7,10,15-17,20-21H,1-5,8-9H2,(H,18,19). The number of amides is 1. The van der Waals surface area contributed by atoms with Gasteiger partial charge in [-0.05, 0) is 48.8 Å². The second kappa shape index (κ2) is 7.02. The summed E-state index contributed by atoms with van der Waals surface area (Å²) in [7, 11) is 0. The van der Waals surface area contributed by atoms with E-state index in [2.05, 4.69) is 17.5 Å². The van der Waals surface area contributed by atoms with Gasteiger partial charge in [0.15, 0.2) is 0 Å². The maximum atomic E-state index is 10.5. The Kier molecular flexibility index (Phi) is 5.06. The molecule has 3 atom stereocenters. The van der Waals surface area contributed by atoms with Crippen molar-refractivity contribution in [1.82, 2.24) is 5.32 Å². The van der Waals surface area contributed by atoms with E-state index in [0.29, 0.717) is 13.0 Å². The number of thioether (sulfide) groups is 1. The maximum Gasteiger partial charge on any atom is 0.207 e. The van der Waals surface area contributed by atoms with Gasteiger partial charge in [0.1, 0.15) is 11.5 Å². The lowest BCUT2D eigenvalue weighted by molar-refractivity contribution is -0.109. The Balaban J connectivity index is 1.86. The van der Waals surface area contributed by atoms with E-state index in [0.717, 1.165) is 30.4 Å². The van der Waals surface area contributed by atoms with Gasteiger partial charge in [-0.15, -0.1) is 11.8 Å². The first-order valence-electron chi connectivity index (χ1n) is 8.01. The molecule has 1 saturated carbocycles. The zero-order chi connectivity index (χ0) is 15.5. The molecule has 3 rings (SSSR count). The van der Waals surface area contributed by atoms with Gasteiger partial charge < -0.3 is 15.5 Å². The van der Waals surface area contributed by atoms with E-state index in [1.807, 2.05) is 0 Å². The first-order chi connectivity index (χ1) is 10.7. The van der Waals surface area contributed by atoms with Crippen molar-refractivity contribution in [3.63, 3.8) is 0 Å². The van der Waals surface area contributed by atoms with E-state index in [4.69, 9.17) is 0 Å². The molecular weight excluding hydrogens is 298 g/mol. The molecule has 0 radical (unpaired) electrons. The summed E-state index contributed by atoms with van der Waals surface area (Å²) in [5.74, 6) is 0. The monoisotopic (exact) mass is 321 g/mol. The van der Waals surface area contributed by atoms with E-state index < -0.39 is 11.5 Å². The molecule has 3 unspecified atom stereocenters. The number of hydrogen-bond donors (Lipinski definition) is 3. The highest BCUT2D eigenvalue weighted by Crippen LogP contribution is 2.42. The number of allylic oxidation sites excluding steroid dienone is 4. The topological polar surface area (TPSA) is 69.6 Å². The lowest BCUT2D eigenvalue weighted by Crippen LogP contribution is -2.39. The molecule has 0 spiro atoms. The van der Waals surface area contributed by atoms with Crippen molar-refractivity contribution in [2.45, 2.75) is 55.3 Å². The predicted molar refractivity (Wildman–Crippen MR) is 88.4 cm³/mol. The summed E-state index contributed by atoms with van der Waals surface area (Å²) in [5, 5.41) is 23.2. The van der Waals surface area contributed by atoms with Crippen LogP contribution in [0.25, 0.3) is 0 Å². The third-order valence-electron chi connectivity index (χ3n) is 4.79. The van der Waals surface area contributed by atoms with E-state index >= 15 is 0 Å². The van der Waals surface area contributed by atoms with Crippen LogP contribution in [-0.4, -0.2) is 40.0 Å². The Labute approximate surface area is 135 Å². The average molecular weight is 321 g/mol. The smallest absolute Gasteiger partial charge is 0.207 e. The van der Waals surface area contributed by atoms with Crippen molar-refractivity contribution in [2.75, 3.05) is 6.54 Å². The third kappa shape index (κ3) is 3.16. The van der Waals surface area contributed by atoms with Crippen LogP contribution in [0, 0.1) is 0 Å². The van der Waals surface area contributed by atoms with Crippen LogP contribution in [0.2, 0.25) is 0 Å². The Morgan fingerprint density at radius 2 is 2.00 bits per heavy atom. The van der Waals surface area contributed by atoms with Crippen molar-refractivity contribution < 1.29 is 15.0 Å². The Hall–Kier alpha value is -1.04. The van der Waals surface area contributed by atoms with Crippen LogP contribution < -0.4 is 5.32 Å². The number of carbonyl (C=O) groups is 1. The van der Waals surface area contributed by atoms with Gasteiger partial charge in [0.25, 0.3) is 0 Å². The fourth-order valence-electron chi connectivity index (χ4n) is 3.60. The summed E-state index contributed by atoms with van der Waals surface area (Å²) in [5.41, 5.74) is 4.01. The van der Waals surface area contributed by atoms with Gasteiger partial charge in [-0.1, -0.05) is 24.1 Å². The quantitative estimate of drug-likeness (QED) is 0.696. The molecule has 3 N–H and O–H groups in total. The van der Waals surface area contributed by atoms with E-state index in [1.54, 1.807) is 0 Å². The van der Waals surface area contributed by atoms with Crippen molar-refractivity contribution in [2.24, 2.45) is 0 Å². The van der Waals surface area contributed by atoms with E-state index in [9.17, 15) is 15.0 Å². The summed E-state index contributed by atoms with van der Waals surface area (Å²) in [6.07, 6.45) is 11.0. The molecule has 0 saturated heterocycles. The predicted octanol–water partition coefficient (Wildman–Crippen LogP) is 2.04. The molecular formula is C17H23NO3S. The maximum absolute atomic E-state index is 10.5. The van der Waals surface area contributed by atoms with Crippen LogP contribution in [0.4, 0.5) is 0 Å². The fourth-order valence-corrected chi connectivity index (χ4v) is 4.82. The van der Waals surface area contributed by atoms with E-state index in [1.165, 1.54) is 42.2 Å². The number of aliphatic hydroxyl groups is 2. The molecule has 1 amide bonds.